The molecule has 1 saturated heterocycles. The Morgan fingerprint density at radius 3 is 2.92 bits per heavy atom. The first-order valence-electron chi connectivity index (χ1n) is 3.70. The fourth-order valence-corrected chi connectivity index (χ4v) is 2.90. The minimum absolute atomic E-state index is 0.0833. The van der Waals surface area contributed by atoms with E-state index in [1.165, 1.54) is 0 Å². The zero-order valence-corrected chi connectivity index (χ0v) is 8.49. The highest BCUT2D eigenvalue weighted by Gasteiger charge is 2.19. The normalized spacial score (nSPS) is 24.6. The van der Waals surface area contributed by atoms with E-state index < -0.39 is 9.15 Å². The van der Waals surface area contributed by atoms with Gasteiger partial charge in [-0.25, -0.2) is 0 Å². The molecular weight excluding hydrogens is 200 g/mol. The molecule has 1 unspecified atom stereocenters. The van der Waals surface area contributed by atoms with Crippen LogP contribution >= 0.6 is 10.8 Å². The highest BCUT2D eigenvalue weighted by molar-refractivity contribution is 8.70. The molecule has 0 N–H and O–H groups in total. The van der Waals surface area contributed by atoms with Crippen LogP contribution in [0.2, 0.25) is 0 Å². The van der Waals surface area contributed by atoms with Crippen molar-refractivity contribution in [2.45, 2.75) is 18.9 Å². The van der Waals surface area contributed by atoms with Gasteiger partial charge in [0.25, 0.3) is 0 Å². The highest BCUT2D eigenvalue weighted by atomic mass is 33.1. The first-order chi connectivity index (χ1) is 5.64. The van der Waals surface area contributed by atoms with Gasteiger partial charge in [0, 0.05) is 12.4 Å². The molecule has 4 nitrogen and oxygen atoms in total. The smallest absolute Gasteiger partial charge is 0.322 e. The van der Waals surface area contributed by atoms with Crippen LogP contribution in [0.1, 0.15) is 12.8 Å². The van der Waals surface area contributed by atoms with E-state index in [4.69, 9.17) is 4.74 Å². The Morgan fingerprint density at radius 2 is 2.42 bits per heavy atom. The topological polar surface area (TPSA) is 52.6 Å². The molecule has 0 aromatic carbocycles. The molecule has 6 heteroatoms. The third-order valence-corrected chi connectivity index (χ3v) is 4.51. The molecule has 1 atom stereocenters. The number of hydrogen-bond acceptors (Lipinski definition) is 5. The lowest BCUT2D eigenvalue weighted by Gasteiger charge is -2.06. The van der Waals surface area contributed by atoms with Crippen LogP contribution in [-0.4, -0.2) is 34.0 Å². The van der Waals surface area contributed by atoms with Gasteiger partial charge in [-0.3, -0.25) is 4.18 Å². The summed E-state index contributed by atoms with van der Waals surface area (Å²) in [4.78, 5) is 0. The second-order valence-corrected chi connectivity index (χ2v) is 6.15. The van der Waals surface area contributed by atoms with E-state index in [-0.39, 0.29) is 6.10 Å². The molecular formula is C6H12O4S2. The van der Waals surface area contributed by atoms with E-state index in [1.807, 2.05) is 0 Å². The van der Waals surface area contributed by atoms with E-state index in [2.05, 4.69) is 4.18 Å². The van der Waals surface area contributed by atoms with Gasteiger partial charge in [-0.15, -0.1) is 0 Å². The monoisotopic (exact) mass is 212 g/mol. The summed E-state index contributed by atoms with van der Waals surface area (Å²) >= 11 is 0. The first kappa shape index (κ1) is 10.3. The molecule has 1 aliphatic heterocycles. The van der Waals surface area contributed by atoms with Crippen molar-refractivity contribution in [1.29, 1.82) is 0 Å². The molecule has 0 spiro atoms. The quantitative estimate of drug-likeness (QED) is 0.645. The van der Waals surface area contributed by atoms with E-state index in [0.29, 0.717) is 5.75 Å². The molecule has 0 aromatic rings. The molecule has 12 heavy (non-hydrogen) atoms. The maximum atomic E-state index is 10.8. The molecule has 1 fully saturated rings. The zero-order valence-electron chi connectivity index (χ0n) is 6.86. The van der Waals surface area contributed by atoms with E-state index in [1.54, 1.807) is 0 Å². The van der Waals surface area contributed by atoms with Gasteiger partial charge in [0.1, 0.15) is 0 Å². The third-order valence-electron chi connectivity index (χ3n) is 1.63. The fourth-order valence-electron chi connectivity index (χ4n) is 0.983. The Kier molecular flexibility index (Phi) is 3.82. The van der Waals surface area contributed by atoms with Gasteiger partial charge in [0.05, 0.1) is 13.2 Å². The lowest BCUT2D eigenvalue weighted by Crippen LogP contribution is -2.10. The fraction of sp³-hybridized carbons (Fsp3) is 1.00. The maximum Gasteiger partial charge on any atom is 0.322 e. The Morgan fingerprint density at radius 1 is 1.67 bits per heavy atom. The van der Waals surface area contributed by atoms with Gasteiger partial charge in [0.2, 0.25) is 0 Å². The molecule has 0 bridgehead atoms. The minimum atomic E-state index is -3.37. The molecule has 1 rings (SSSR count). The Labute approximate surface area is 76.1 Å². The third kappa shape index (κ3) is 3.30. The second kappa shape index (κ2) is 4.45. The van der Waals surface area contributed by atoms with Crippen molar-refractivity contribution >= 4 is 19.9 Å². The van der Waals surface area contributed by atoms with Crippen molar-refractivity contribution in [3.05, 3.63) is 0 Å². The van der Waals surface area contributed by atoms with Crippen molar-refractivity contribution in [2.24, 2.45) is 0 Å². The van der Waals surface area contributed by atoms with Crippen LogP contribution in [0.3, 0.4) is 0 Å². The van der Waals surface area contributed by atoms with Crippen LogP contribution in [0, 0.1) is 0 Å². The lowest BCUT2D eigenvalue weighted by molar-refractivity contribution is 0.129. The Hall–Kier alpha value is 0.220. The van der Waals surface area contributed by atoms with Crippen molar-refractivity contribution in [2.75, 3.05) is 19.5 Å². The summed E-state index contributed by atoms with van der Waals surface area (Å²) in [6, 6.07) is 0. The average Bonchev–Trinajstić information content (AvgIpc) is 2.53. The average molecular weight is 212 g/mol. The zero-order chi connectivity index (χ0) is 9.03. The van der Waals surface area contributed by atoms with Gasteiger partial charge in [-0.1, -0.05) is 0 Å². The minimum Gasteiger partial charge on any atom is -0.377 e. The van der Waals surface area contributed by atoms with Crippen molar-refractivity contribution in [3.63, 3.8) is 0 Å². The van der Waals surface area contributed by atoms with Crippen LogP contribution in [0.25, 0.3) is 0 Å². The Balaban J connectivity index is 2.25. The summed E-state index contributed by atoms with van der Waals surface area (Å²) in [7, 11) is -1.40. The van der Waals surface area contributed by atoms with Gasteiger partial charge in [-0.2, -0.15) is 8.42 Å². The molecule has 0 aromatic heterocycles. The van der Waals surface area contributed by atoms with E-state index in [0.717, 1.165) is 37.4 Å². The van der Waals surface area contributed by atoms with Crippen LogP contribution in [0.5, 0.6) is 0 Å². The number of hydrogen-bond donors (Lipinski definition) is 0. The van der Waals surface area contributed by atoms with E-state index >= 15 is 0 Å². The van der Waals surface area contributed by atoms with Gasteiger partial charge >= 0.3 is 9.15 Å². The molecule has 0 radical (unpaired) electrons. The van der Waals surface area contributed by atoms with Gasteiger partial charge in [-0.05, 0) is 23.6 Å². The molecule has 1 aliphatic rings. The Bertz CT molecular complexity index is 218. The van der Waals surface area contributed by atoms with Crippen molar-refractivity contribution in [3.8, 4) is 0 Å². The van der Waals surface area contributed by atoms with Crippen LogP contribution in [-0.2, 0) is 18.1 Å². The lowest BCUT2D eigenvalue weighted by atomic mass is 10.3. The van der Waals surface area contributed by atoms with Crippen molar-refractivity contribution < 1.29 is 17.3 Å². The van der Waals surface area contributed by atoms with E-state index in [9.17, 15) is 8.42 Å². The summed E-state index contributed by atoms with van der Waals surface area (Å²) in [5.74, 6) is 0.468. The summed E-state index contributed by atoms with van der Waals surface area (Å²) in [6.45, 7) is 0.748. The number of rotatable bonds is 4. The van der Waals surface area contributed by atoms with Crippen LogP contribution in [0.4, 0.5) is 0 Å². The summed E-state index contributed by atoms with van der Waals surface area (Å²) in [6.07, 6.45) is 2.06. The predicted molar refractivity (Wildman–Crippen MR) is 47.4 cm³/mol. The summed E-state index contributed by atoms with van der Waals surface area (Å²) < 4.78 is 31.2. The molecule has 0 aliphatic carbocycles. The SMILES string of the molecule is COS(=O)(=O)SCC1CCCO1. The largest absolute Gasteiger partial charge is 0.377 e. The number of ether oxygens (including phenoxy) is 1. The first-order valence-corrected chi connectivity index (χ1v) is 6.62. The standard InChI is InChI=1S/C6H12O4S2/c1-9-12(7,8)11-5-6-3-2-4-10-6/h6H,2-5H2,1H3. The molecule has 0 saturated carbocycles. The van der Waals surface area contributed by atoms with Crippen LogP contribution < -0.4 is 0 Å². The van der Waals surface area contributed by atoms with Gasteiger partial charge in [0.15, 0.2) is 0 Å². The molecule has 72 valence electrons. The maximum absolute atomic E-state index is 10.8. The molecule has 0 amide bonds. The summed E-state index contributed by atoms with van der Waals surface area (Å²) in [5, 5.41) is 0. The molecule has 1 heterocycles. The second-order valence-electron chi connectivity index (χ2n) is 2.49. The van der Waals surface area contributed by atoms with Gasteiger partial charge < -0.3 is 4.74 Å². The van der Waals surface area contributed by atoms with Crippen molar-refractivity contribution in [1.82, 2.24) is 0 Å². The predicted octanol–water partition coefficient (Wildman–Crippen LogP) is 0.790. The van der Waals surface area contributed by atoms with Crippen LogP contribution in [0.15, 0.2) is 0 Å². The summed E-state index contributed by atoms with van der Waals surface area (Å²) in [5.41, 5.74) is 0. The highest BCUT2D eigenvalue weighted by Crippen LogP contribution is 2.21.